The lowest BCUT2D eigenvalue weighted by Gasteiger charge is -2.12. The lowest BCUT2D eigenvalue weighted by molar-refractivity contribution is 0.520. The van der Waals surface area contributed by atoms with Crippen molar-refractivity contribution in [2.24, 2.45) is 5.73 Å². The Hall–Kier alpha value is -2.13. The Morgan fingerprint density at radius 2 is 1.67 bits per heavy atom. The van der Waals surface area contributed by atoms with Gasteiger partial charge in [0, 0.05) is 10.9 Å². The molecule has 1 atom stereocenters. The minimum atomic E-state index is -0.348. The van der Waals surface area contributed by atoms with Crippen LogP contribution in [-0.2, 0) is 0 Å². The summed E-state index contributed by atoms with van der Waals surface area (Å²) in [5.41, 5.74) is 11.3. The molecule has 2 nitrogen and oxygen atoms in total. The molecule has 1 aromatic heterocycles. The number of fused-ring (bicyclic) bond motifs is 1. The molecule has 0 radical (unpaired) electrons. The van der Waals surface area contributed by atoms with Crippen molar-refractivity contribution in [1.29, 1.82) is 0 Å². The zero-order valence-electron chi connectivity index (χ0n) is 12.4. The van der Waals surface area contributed by atoms with Crippen LogP contribution >= 0.6 is 0 Å². The third-order valence-corrected chi connectivity index (χ3v) is 3.82. The van der Waals surface area contributed by atoms with E-state index in [9.17, 15) is 4.39 Å². The minimum Gasteiger partial charge on any atom is -0.459 e. The fraction of sp³-hybridized carbons (Fsp3) is 0.222. The van der Waals surface area contributed by atoms with Crippen LogP contribution in [0.5, 0.6) is 0 Å². The first-order valence-corrected chi connectivity index (χ1v) is 6.98. The third-order valence-electron chi connectivity index (χ3n) is 3.82. The van der Waals surface area contributed by atoms with E-state index in [1.54, 1.807) is 6.07 Å². The van der Waals surface area contributed by atoms with Gasteiger partial charge < -0.3 is 10.2 Å². The minimum absolute atomic E-state index is 0.266. The Morgan fingerprint density at radius 3 is 2.33 bits per heavy atom. The van der Waals surface area contributed by atoms with Gasteiger partial charge in [0.2, 0.25) is 0 Å². The average molecular weight is 283 g/mol. The van der Waals surface area contributed by atoms with Gasteiger partial charge in [-0.15, -0.1) is 0 Å². The van der Waals surface area contributed by atoms with Crippen LogP contribution in [0.3, 0.4) is 0 Å². The van der Waals surface area contributed by atoms with Crippen LogP contribution in [0.1, 0.15) is 34.1 Å². The summed E-state index contributed by atoms with van der Waals surface area (Å²) in [4.78, 5) is 0. The Kier molecular flexibility index (Phi) is 3.30. The van der Waals surface area contributed by atoms with Crippen molar-refractivity contribution in [3.8, 4) is 0 Å². The lowest BCUT2D eigenvalue weighted by Crippen LogP contribution is -2.12. The smallest absolute Gasteiger partial charge is 0.134 e. The molecule has 0 spiro atoms. The largest absolute Gasteiger partial charge is 0.459 e. The Balaban J connectivity index is 2.13. The second kappa shape index (κ2) is 5.01. The van der Waals surface area contributed by atoms with Gasteiger partial charge in [-0.2, -0.15) is 0 Å². The Morgan fingerprint density at radius 1 is 1.00 bits per heavy atom. The fourth-order valence-electron chi connectivity index (χ4n) is 2.85. The molecule has 0 saturated heterocycles. The maximum atomic E-state index is 13.4. The van der Waals surface area contributed by atoms with E-state index < -0.39 is 0 Å². The Labute approximate surface area is 123 Å². The van der Waals surface area contributed by atoms with E-state index in [-0.39, 0.29) is 11.9 Å². The van der Waals surface area contributed by atoms with Crippen molar-refractivity contribution >= 4 is 11.0 Å². The molecule has 0 bridgehead atoms. The summed E-state index contributed by atoms with van der Waals surface area (Å²) in [6, 6.07) is 10.4. The second-order valence-corrected chi connectivity index (χ2v) is 5.63. The van der Waals surface area contributed by atoms with Gasteiger partial charge in [-0.05, 0) is 44.5 Å². The standard InChI is InChI=1S/C18H18FNO/c1-10-6-11(2)8-13(7-10)17(20)18-12(3)15-9-14(19)4-5-16(15)21-18/h4-9,17H,20H2,1-3H3. The molecule has 3 heteroatoms. The zero-order valence-corrected chi connectivity index (χ0v) is 12.4. The van der Waals surface area contributed by atoms with Gasteiger partial charge >= 0.3 is 0 Å². The highest BCUT2D eigenvalue weighted by Crippen LogP contribution is 2.32. The monoisotopic (exact) mass is 283 g/mol. The maximum absolute atomic E-state index is 13.4. The van der Waals surface area contributed by atoms with E-state index in [0.29, 0.717) is 11.3 Å². The van der Waals surface area contributed by atoms with E-state index in [2.05, 4.69) is 18.2 Å². The predicted molar refractivity (Wildman–Crippen MR) is 82.9 cm³/mol. The summed E-state index contributed by atoms with van der Waals surface area (Å²) >= 11 is 0. The number of halogens is 1. The van der Waals surface area contributed by atoms with E-state index in [0.717, 1.165) is 16.5 Å². The van der Waals surface area contributed by atoms with Crippen LogP contribution in [-0.4, -0.2) is 0 Å². The fourth-order valence-corrected chi connectivity index (χ4v) is 2.85. The molecule has 2 aromatic carbocycles. The van der Waals surface area contributed by atoms with Crippen LogP contribution in [0.4, 0.5) is 4.39 Å². The van der Waals surface area contributed by atoms with Crippen molar-refractivity contribution in [3.05, 3.63) is 70.2 Å². The number of rotatable bonds is 2. The molecule has 0 fully saturated rings. The van der Waals surface area contributed by atoms with Crippen LogP contribution in [0.25, 0.3) is 11.0 Å². The van der Waals surface area contributed by atoms with Crippen LogP contribution in [0.2, 0.25) is 0 Å². The normalized spacial score (nSPS) is 12.8. The molecule has 0 amide bonds. The van der Waals surface area contributed by atoms with Crippen molar-refractivity contribution in [2.45, 2.75) is 26.8 Å². The number of hydrogen-bond donors (Lipinski definition) is 1. The predicted octanol–water partition coefficient (Wildman–Crippen LogP) is 4.55. The van der Waals surface area contributed by atoms with E-state index in [1.807, 2.05) is 20.8 Å². The molecule has 21 heavy (non-hydrogen) atoms. The van der Waals surface area contributed by atoms with Gasteiger partial charge in [0.15, 0.2) is 0 Å². The van der Waals surface area contributed by atoms with Crippen LogP contribution in [0.15, 0.2) is 40.8 Å². The molecule has 0 aliphatic heterocycles. The molecule has 0 aliphatic carbocycles. The van der Waals surface area contributed by atoms with Gasteiger partial charge in [-0.1, -0.05) is 29.3 Å². The zero-order chi connectivity index (χ0) is 15.1. The highest BCUT2D eigenvalue weighted by molar-refractivity contribution is 5.82. The Bertz CT molecular complexity index is 799. The summed E-state index contributed by atoms with van der Waals surface area (Å²) in [5.74, 6) is 0.429. The van der Waals surface area contributed by atoms with Crippen molar-refractivity contribution in [1.82, 2.24) is 0 Å². The molecule has 3 aromatic rings. The van der Waals surface area contributed by atoms with E-state index in [4.69, 9.17) is 10.2 Å². The molecule has 1 heterocycles. The molecule has 3 rings (SSSR count). The van der Waals surface area contributed by atoms with Crippen LogP contribution in [0, 0.1) is 26.6 Å². The number of nitrogens with two attached hydrogens (primary N) is 1. The summed E-state index contributed by atoms with van der Waals surface area (Å²) < 4.78 is 19.2. The molecule has 0 saturated carbocycles. The lowest BCUT2D eigenvalue weighted by atomic mass is 9.98. The molecule has 0 aliphatic rings. The summed E-state index contributed by atoms with van der Waals surface area (Å²) in [6.07, 6.45) is 0. The van der Waals surface area contributed by atoms with Crippen molar-refractivity contribution in [2.75, 3.05) is 0 Å². The quantitative estimate of drug-likeness (QED) is 0.749. The van der Waals surface area contributed by atoms with Gasteiger partial charge in [0.1, 0.15) is 17.2 Å². The van der Waals surface area contributed by atoms with E-state index in [1.165, 1.54) is 23.3 Å². The van der Waals surface area contributed by atoms with E-state index >= 15 is 0 Å². The summed E-state index contributed by atoms with van der Waals surface area (Å²) in [7, 11) is 0. The molecule has 2 N–H and O–H groups in total. The third kappa shape index (κ3) is 2.45. The maximum Gasteiger partial charge on any atom is 0.134 e. The van der Waals surface area contributed by atoms with Gasteiger partial charge in [0.05, 0.1) is 6.04 Å². The van der Waals surface area contributed by atoms with Crippen molar-refractivity contribution < 1.29 is 8.81 Å². The molecular weight excluding hydrogens is 265 g/mol. The van der Waals surface area contributed by atoms with Gasteiger partial charge in [-0.25, -0.2) is 4.39 Å². The number of aryl methyl sites for hydroxylation is 3. The summed E-state index contributed by atoms with van der Waals surface area (Å²) in [5, 5.41) is 0.782. The first kappa shape index (κ1) is 13.8. The second-order valence-electron chi connectivity index (χ2n) is 5.63. The molecular formula is C18H18FNO. The van der Waals surface area contributed by atoms with Gasteiger partial charge in [0.25, 0.3) is 0 Å². The number of furan rings is 1. The number of hydrogen-bond acceptors (Lipinski definition) is 2. The molecule has 108 valence electrons. The summed E-state index contributed by atoms with van der Waals surface area (Å²) in [6.45, 7) is 6.01. The number of benzene rings is 2. The van der Waals surface area contributed by atoms with Gasteiger partial charge in [-0.3, -0.25) is 0 Å². The topological polar surface area (TPSA) is 39.2 Å². The first-order valence-electron chi connectivity index (χ1n) is 6.98. The van der Waals surface area contributed by atoms with Crippen molar-refractivity contribution in [3.63, 3.8) is 0 Å². The first-order chi connectivity index (χ1) is 9.95. The SMILES string of the molecule is Cc1cc(C)cc(C(N)c2oc3ccc(F)cc3c2C)c1. The van der Waals surface area contributed by atoms with Crippen LogP contribution < -0.4 is 5.73 Å². The highest BCUT2D eigenvalue weighted by atomic mass is 19.1. The highest BCUT2D eigenvalue weighted by Gasteiger charge is 2.19. The molecule has 1 unspecified atom stereocenters. The average Bonchev–Trinajstić information content (AvgIpc) is 2.74.